The van der Waals surface area contributed by atoms with Crippen molar-refractivity contribution < 1.29 is 14.3 Å². The fourth-order valence-corrected chi connectivity index (χ4v) is 2.28. The molecule has 0 saturated carbocycles. The highest BCUT2D eigenvalue weighted by Gasteiger charge is 2.09. The fraction of sp³-hybridized carbons (Fsp3) is 0.222. The number of carbonyl (C=O) groups excluding carboxylic acids is 2. The minimum atomic E-state index is -0.418. The summed E-state index contributed by atoms with van der Waals surface area (Å²) in [6.07, 6.45) is 0.151. The Balaban J connectivity index is 1.72. The summed E-state index contributed by atoms with van der Waals surface area (Å²) in [5.41, 5.74) is 3.00. The maximum atomic E-state index is 11.7. The van der Waals surface area contributed by atoms with Gasteiger partial charge in [0.2, 0.25) is 0 Å². The summed E-state index contributed by atoms with van der Waals surface area (Å²) in [5, 5.41) is 2.74. The smallest absolute Gasteiger partial charge is 0.310 e. The summed E-state index contributed by atoms with van der Waals surface area (Å²) in [4.78, 5) is 23.5. The van der Waals surface area contributed by atoms with Crippen LogP contribution in [0.2, 0.25) is 0 Å². The number of nitrogens with one attached hydrogen (secondary N) is 1. The van der Waals surface area contributed by atoms with Gasteiger partial charge in [0.1, 0.15) is 0 Å². The van der Waals surface area contributed by atoms with Gasteiger partial charge in [-0.15, -0.1) is 0 Å². The van der Waals surface area contributed by atoms with Crippen LogP contribution in [-0.2, 0) is 27.3 Å². The molecule has 0 spiro atoms. The standard InChI is InChI=1S/C18H18BrNO3/c1-13-4-2-3-5-15(13)11-20-17(21)12-23-18(22)10-14-6-8-16(19)9-7-14/h2-9H,10-12H2,1H3,(H,20,21). The van der Waals surface area contributed by atoms with Crippen molar-refractivity contribution in [2.45, 2.75) is 19.9 Å². The molecule has 23 heavy (non-hydrogen) atoms. The first-order valence-corrected chi connectivity index (χ1v) is 8.05. The van der Waals surface area contributed by atoms with Crippen LogP contribution in [0.25, 0.3) is 0 Å². The summed E-state index contributed by atoms with van der Waals surface area (Å²) in [5.74, 6) is -0.726. The molecule has 0 fully saturated rings. The van der Waals surface area contributed by atoms with Gasteiger partial charge in [0, 0.05) is 11.0 Å². The van der Waals surface area contributed by atoms with Crippen LogP contribution < -0.4 is 5.32 Å². The number of rotatable bonds is 6. The third-order valence-corrected chi connectivity index (χ3v) is 3.89. The molecule has 0 saturated heterocycles. The Morgan fingerprint density at radius 1 is 1.09 bits per heavy atom. The van der Waals surface area contributed by atoms with Crippen LogP contribution >= 0.6 is 15.9 Å². The number of amides is 1. The number of hydrogen-bond donors (Lipinski definition) is 1. The van der Waals surface area contributed by atoms with Crippen LogP contribution in [0.1, 0.15) is 16.7 Å². The van der Waals surface area contributed by atoms with Gasteiger partial charge in [0.15, 0.2) is 6.61 Å². The highest BCUT2D eigenvalue weighted by Crippen LogP contribution is 2.11. The minimum Gasteiger partial charge on any atom is -0.455 e. The summed E-state index contributed by atoms with van der Waals surface area (Å²) in [6.45, 7) is 2.15. The number of aryl methyl sites for hydroxylation is 1. The van der Waals surface area contributed by atoms with Gasteiger partial charge < -0.3 is 10.1 Å². The molecule has 1 N–H and O–H groups in total. The second-order valence-electron chi connectivity index (χ2n) is 5.17. The summed E-state index contributed by atoms with van der Waals surface area (Å²) >= 11 is 3.33. The molecule has 0 aromatic heterocycles. The zero-order valence-corrected chi connectivity index (χ0v) is 14.4. The molecular formula is C18H18BrNO3. The SMILES string of the molecule is Cc1ccccc1CNC(=O)COC(=O)Cc1ccc(Br)cc1. The monoisotopic (exact) mass is 375 g/mol. The quantitative estimate of drug-likeness (QED) is 0.788. The van der Waals surface area contributed by atoms with Crippen molar-refractivity contribution in [1.29, 1.82) is 0 Å². The van der Waals surface area contributed by atoms with Crippen molar-refractivity contribution in [1.82, 2.24) is 5.32 Å². The van der Waals surface area contributed by atoms with Crippen molar-refractivity contribution in [2.75, 3.05) is 6.61 Å². The van der Waals surface area contributed by atoms with Crippen molar-refractivity contribution in [2.24, 2.45) is 0 Å². The van der Waals surface area contributed by atoms with Crippen LogP contribution in [0.15, 0.2) is 53.0 Å². The maximum Gasteiger partial charge on any atom is 0.310 e. The number of carbonyl (C=O) groups is 2. The highest BCUT2D eigenvalue weighted by molar-refractivity contribution is 9.10. The number of esters is 1. The lowest BCUT2D eigenvalue weighted by molar-refractivity contribution is -0.147. The average Bonchev–Trinajstić information content (AvgIpc) is 2.54. The Morgan fingerprint density at radius 3 is 2.48 bits per heavy atom. The lowest BCUT2D eigenvalue weighted by Gasteiger charge is -2.08. The zero-order chi connectivity index (χ0) is 16.7. The van der Waals surface area contributed by atoms with Gasteiger partial charge in [-0.2, -0.15) is 0 Å². The van der Waals surface area contributed by atoms with E-state index in [0.29, 0.717) is 6.54 Å². The number of ether oxygens (including phenoxy) is 1. The minimum absolute atomic E-state index is 0.151. The molecule has 120 valence electrons. The highest BCUT2D eigenvalue weighted by atomic mass is 79.9. The van der Waals surface area contributed by atoms with Crippen molar-refractivity contribution >= 4 is 27.8 Å². The van der Waals surface area contributed by atoms with E-state index in [4.69, 9.17) is 4.74 Å². The van der Waals surface area contributed by atoms with Gasteiger partial charge >= 0.3 is 5.97 Å². The molecule has 0 heterocycles. The van der Waals surface area contributed by atoms with E-state index in [2.05, 4.69) is 21.2 Å². The van der Waals surface area contributed by atoms with Gasteiger partial charge in [-0.1, -0.05) is 52.3 Å². The molecule has 2 aromatic carbocycles. The Hall–Kier alpha value is -2.14. The molecule has 5 heteroatoms. The molecule has 0 aliphatic carbocycles. The first kappa shape index (κ1) is 17.2. The summed E-state index contributed by atoms with van der Waals surface area (Å²) < 4.78 is 5.94. The topological polar surface area (TPSA) is 55.4 Å². The summed E-state index contributed by atoms with van der Waals surface area (Å²) in [7, 11) is 0. The molecule has 2 aromatic rings. The first-order chi connectivity index (χ1) is 11.0. The first-order valence-electron chi connectivity index (χ1n) is 7.26. The van der Waals surface area contributed by atoms with E-state index in [1.165, 1.54) is 0 Å². The molecule has 0 aliphatic heterocycles. The van der Waals surface area contributed by atoms with Crippen LogP contribution in [0.5, 0.6) is 0 Å². The predicted octanol–water partition coefficient (Wildman–Crippen LogP) is 3.16. The Bertz CT molecular complexity index is 683. The molecule has 4 nitrogen and oxygen atoms in total. The van der Waals surface area contributed by atoms with E-state index < -0.39 is 5.97 Å². The van der Waals surface area contributed by atoms with Gasteiger partial charge in [0.05, 0.1) is 6.42 Å². The summed E-state index contributed by atoms with van der Waals surface area (Å²) in [6, 6.07) is 15.2. The zero-order valence-electron chi connectivity index (χ0n) is 12.8. The van der Waals surface area contributed by atoms with E-state index in [9.17, 15) is 9.59 Å². The number of halogens is 1. The molecular weight excluding hydrogens is 358 g/mol. The molecule has 0 unspecified atom stereocenters. The predicted molar refractivity (Wildman–Crippen MR) is 91.8 cm³/mol. The van der Waals surface area contributed by atoms with Gasteiger partial charge in [-0.25, -0.2) is 0 Å². The van der Waals surface area contributed by atoms with E-state index in [-0.39, 0.29) is 18.9 Å². The second-order valence-corrected chi connectivity index (χ2v) is 6.08. The van der Waals surface area contributed by atoms with Crippen LogP contribution in [0, 0.1) is 6.92 Å². The maximum absolute atomic E-state index is 11.7. The lowest BCUT2D eigenvalue weighted by atomic mass is 10.1. The Morgan fingerprint density at radius 2 is 1.78 bits per heavy atom. The van der Waals surface area contributed by atoms with Crippen molar-refractivity contribution in [3.05, 3.63) is 69.7 Å². The van der Waals surface area contributed by atoms with Crippen molar-refractivity contribution in [3.63, 3.8) is 0 Å². The second kappa shape index (κ2) is 8.48. The lowest BCUT2D eigenvalue weighted by Crippen LogP contribution is -2.28. The van der Waals surface area contributed by atoms with E-state index in [1.54, 1.807) is 0 Å². The number of hydrogen-bond acceptors (Lipinski definition) is 3. The van der Waals surface area contributed by atoms with Gasteiger partial charge in [0.25, 0.3) is 5.91 Å². The number of benzene rings is 2. The molecule has 0 aliphatic rings. The van der Waals surface area contributed by atoms with E-state index >= 15 is 0 Å². The Kier molecular flexibility index (Phi) is 6.35. The van der Waals surface area contributed by atoms with Gasteiger partial charge in [-0.3, -0.25) is 9.59 Å². The van der Waals surface area contributed by atoms with Gasteiger partial charge in [-0.05, 0) is 35.7 Å². The normalized spacial score (nSPS) is 10.2. The average molecular weight is 376 g/mol. The van der Waals surface area contributed by atoms with Crippen LogP contribution in [0.3, 0.4) is 0 Å². The fourth-order valence-electron chi connectivity index (χ4n) is 2.02. The third-order valence-electron chi connectivity index (χ3n) is 3.36. The molecule has 0 bridgehead atoms. The molecule has 2 rings (SSSR count). The molecule has 0 atom stereocenters. The molecule has 1 amide bonds. The Labute approximate surface area is 144 Å². The largest absolute Gasteiger partial charge is 0.455 e. The third kappa shape index (κ3) is 5.87. The molecule has 0 radical (unpaired) electrons. The van der Waals surface area contributed by atoms with Crippen LogP contribution in [0.4, 0.5) is 0 Å². The van der Waals surface area contributed by atoms with Crippen LogP contribution in [-0.4, -0.2) is 18.5 Å². The van der Waals surface area contributed by atoms with Crippen molar-refractivity contribution in [3.8, 4) is 0 Å². The van der Waals surface area contributed by atoms with E-state index in [1.807, 2.05) is 55.5 Å². The van der Waals surface area contributed by atoms with E-state index in [0.717, 1.165) is 21.2 Å².